The Kier molecular flexibility index (Phi) is 4.65. The van der Waals surface area contributed by atoms with Gasteiger partial charge in [0, 0.05) is 18.0 Å². The Balaban J connectivity index is 1.76. The molecule has 0 fully saturated rings. The molecule has 1 aromatic carbocycles. The molecule has 0 saturated carbocycles. The number of benzene rings is 1. The van der Waals surface area contributed by atoms with E-state index in [2.05, 4.69) is 9.97 Å². The molecule has 4 heteroatoms. The quantitative estimate of drug-likeness (QED) is 0.687. The zero-order chi connectivity index (χ0) is 17.1. The molecule has 0 atom stereocenters. The lowest BCUT2D eigenvalue weighted by Gasteiger charge is -2.07. The Bertz CT molecular complexity index is 858. The number of aromatic nitrogens is 2. The second kappa shape index (κ2) is 6.87. The topological polar surface area (TPSA) is 25.8 Å². The van der Waals surface area contributed by atoms with E-state index in [1.54, 1.807) is 19.3 Å². The number of halogens is 2. The van der Waals surface area contributed by atoms with Crippen LogP contribution < -0.4 is 0 Å². The van der Waals surface area contributed by atoms with Gasteiger partial charge in [-0.15, -0.1) is 0 Å². The summed E-state index contributed by atoms with van der Waals surface area (Å²) in [5.41, 5.74) is 4.23. The van der Waals surface area contributed by atoms with Crippen molar-refractivity contribution in [2.75, 3.05) is 0 Å². The van der Waals surface area contributed by atoms with Crippen LogP contribution in [0.15, 0.2) is 48.8 Å². The van der Waals surface area contributed by atoms with E-state index < -0.39 is 0 Å². The van der Waals surface area contributed by atoms with Crippen molar-refractivity contribution < 1.29 is 8.78 Å². The summed E-state index contributed by atoms with van der Waals surface area (Å²) in [5.74, 6) is -0.729. The van der Waals surface area contributed by atoms with Gasteiger partial charge in [-0.1, -0.05) is 29.8 Å². The van der Waals surface area contributed by atoms with Crippen LogP contribution in [0.5, 0.6) is 0 Å². The summed E-state index contributed by atoms with van der Waals surface area (Å²) >= 11 is 0. The van der Waals surface area contributed by atoms with Gasteiger partial charge in [-0.2, -0.15) is 0 Å². The highest BCUT2D eigenvalue weighted by molar-refractivity contribution is 5.62. The lowest BCUT2D eigenvalue weighted by molar-refractivity contribution is 0.580. The van der Waals surface area contributed by atoms with Crippen molar-refractivity contribution in [1.29, 1.82) is 0 Å². The average molecular weight is 324 g/mol. The number of nitrogens with zero attached hydrogens (tertiary/aromatic N) is 2. The third kappa shape index (κ3) is 3.65. The molecule has 0 unspecified atom stereocenters. The van der Waals surface area contributed by atoms with Crippen molar-refractivity contribution in [1.82, 2.24) is 9.97 Å². The molecule has 2 aromatic heterocycles. The van der Waals surface area contributed by atoms with E-state index in [-0.39, 0.29) is 11.6 Å². The second-order valence-electron chi connectivity index (χ2n) is 5.96. The van der Waals surface area contributed by atoms with Crippen LogP contribution in [-0.2, 0) is 12.8 Å². The highest BCUT2D eigenvalue weighted by Gasteiger charge is 2.10. The van der Waals surface area contributed by atoms with Crippen molar-refractivity contribution in [3.63, 3.8) is 0 Å². The maximum atomic E-state index is 14.3. The second-order valence-corrected chi connectivity index (χ2v) is 5.96. The zero-order valence-corrected chi connectivity index (χ0v) is 13.7. The molecule has 0 amide bonds. The molecule has 0 aliphatic carbocycles. The molecular weight excluding hydrogens is 306 g/mol. The Morgan fingerprint density at radius 1 is 0.708 bits per heavy atom. The minimum atomic E-state index is -0.374. The Labute approximate surface area is 140 Å². The van der Waals surface area contributed by atoms with Gasteiger partial charge in [0.05, 0.1) is 11.4 Å². The van der Waals surface area contributed by atoms with Gasteiger partial charge < -0.3 is 0 Å². The number of hydrogen-bond acceptors (Lipinski definition) is 2. The molecule has 0 radical (unpaired) electrons. The third-order valence-corrected chi connectivity index (χ3v) is 3.95. The number of rotatable bonds is 4. The maximum Gasteiger partial charge on any atom is 0.145 e. The van der Waals surface area contributed by atoms with E-state index in [4.69, 9.17) is 0 Å². The van der Waals surface area contributed by atoms with Gasteiger partial charge in [-0.3, -0.25) is 9.97 Å². The summed E-state index contributed by atoms with van der Waals surface area (Å²) in [6, 6.07) is 10.8. The molecule has 0 spiro atoms. The normalized spacial score (nSPS) is 10.8. The van der Waals surface area contributed by atoms with Crippen LogP contribution >= 0.6 is 0 Å². The van der Waals surface area contributed by atoms with E-state index in [0.717, 1.165) is 22.3 Å². The van der Waals surface area contributed by atoms with Gasteiger partial charge in [-0.05, 0) is 49.9 Å². The highest BCUT2D eigenvalue weighted by atomic mass is 19.1. The SMILES string of the molecule is Cc1ccc(-c2cnc(CCc3ncc(C)cc3F)c(F)c2)cc1. The standard InChI is InChI=1S/C20H18F2N2/c1-13-3-5-15(6-4-13)16-10-18(22)20(24-12-16)8-7-19-17(21)9-14(2)11-23-19/h3-6,9-12H,7-8H2,1-2H3. The van der Waals surface area contributed by atoms with Crippen LogP contribution in [0.2, 0.25) is 0 Å². The molecule has 0 saturated heterocycles. The van der Waals surface area contributed by atoms with Crippen LogP contribution in [0, 0.1) is 25.5 Å². The van der Waals surface area contributed by atoms with E-state index in [1.165, 1.54) is 12.1 Å². The average Bonchev–Trinajstić information content (AvgIpc) is 2.56. The number of aryl methyl sites for hydroxylation is 4. The predicted molar refractivity (Wildman–Crippen MR) is 90.7 cm³/mol. The number of pyridine rings is 2. The van der Waals surface area contributed by atoms with Crippen molar-refractivity contribution in [3.8, 4) is 11.1 Å². The summed E-state index contributed by atoms with van der Waals surface area (Å²) in [5, 5.41) is 0. The fraction of sp³-hybridized carbons (Fsp3) is 0.200. The summed E-state index contributed by atoms with van der Waals surface area (Å²) in [6.07, 6.45) is 3.90. The van der Waals surface area contributed by atoms with Crippen molar-refractivity contribution >= 4 is 0 Å². The molecule has 2 heterocycles. The highest BCUT2D eigenvalue weighted by Crippen LogP contribution is 2.21. The largest absolute Gasteiger partial charge is 0.258 e. The molecule has 0 aliphatic rings. The summed E-state index contributed by atoms with van der Waals surface area (Å²) in [6.45, 7) is 3.79. The summed E-state index contributed by atoms with van der Waals surface area (Å²) < 4.78 is 28.1. The molecule has 2 nitrogen and oxygen atoms in total. The fourth-order valence-corrected chi connectivity index (χ4v) is 2.54. The monoisotopic (exact) mass is 324 g/mol. The van der Waals surface area contributed by atoms with E-state index >= 15 is 0 Å². The van der Waals surface area contributed by atoms with Crippen molar-refractivity contribution in [2.45, 2.75) is 26.7 Å². The first-order valence-electron chi connectivity index (χ1n) is 7.85. The van der Waals surface area contributed by atoms with Gasteiger partial charge in [0.1, 0.15) is 11.6 Å². The van der Waals surface area contributed by atoms with Crippen LogP contribution in [0.4, 0.5) is 8.78 Å². The first-order chi connectivity index (χ1) is 11.5. The van der Waals surface area contributed by atoms with Gasteiger partial charge in [0.2, 0.25) is 0 Å². The molecule has 3 aromatic rings. The molecular formula is C20H18F2N2. The van der Waals surface area contributed by atoms with Crippen molar-refractivity contribution in [3.05, 3.63) is 82.9 Å². The molecule has 0 N–H and O–H groups in total. The number of hydrogen-bond donors (Lipinski definition) is 0. The van der Waals surface area contributed by atoms with Crippen molar-refractivity contribution in [2.24, 2.45) is 0 Å². The van der Waals surface area contributed by atoms with Gasteiger partial charge in [0.25, 0.3) is 0 Å². The minimum Gasteiger partial charge on any atom is -0.258 e. The van der Waals surface area contributed by atoms with E-state index in [1.807, 2.05) is 31.2 Å². The first-order valence-corrected chi connectivity index (χ1v) is 7.85. The van der Waals surface area contributed by atoms with E-state index in [9.17, 15) is 8.78 Å². The van der Waals surface area contributed by atoms with E-state index in [0.29, 0.717) is 24.2 Å². The molecule has 0 aliphatic heterocycles. The summed E-state index contributed by atoms with van der Waals surface area (Å²) in [7, 11) is 0. The van der Waals surface area contributed by atoms with Gasteiger partial charge >= 0.3 is 0 Å². The third-order valence-electron chi connectivity index (χ3n) is 3.95. The van der Waals surface area contributed by atoms with Crippen LogP contribution in [0.25, 0.3) is 11.1 Å². The van der Waals surface area contributed by atoms with Crippen LogP contribution in [0.3, 0.4) is 0 Å². The first kappa shape index (κ1) is 16.2. The lowest BCUT2D eigenvalue weighted by Crippen LogP contribution is -2.02. The molecule has 24 heavy (non-hydrogen) atoms. The molecule has 0 bridgehead atoms. The van der Waals surface area contributed by atoms with Gasteiger partial charge in [0.15, 0.2) is 0 Å². The maximum absolute atomic E-state index is 14.3. The Hall–Kier alpha value is -2.62. The fourth-order valence-electron chi connectivity index (χ4n) is 2.54. The van der Waals surface area contributed by atoms with Crippen LogP contribution in [0.1, 0.15) is 22.5 Å². The van der Waals surface area contributed by atoms with Gasteiger partial charge in [-0.25, -0.2) is 8.78 Å². The Morgan fingerprint density at radius 3 is 1.88 bits per heavy atom. The predicted octanol–water partition coefficient (Wildman–Crippen LogP) is 4.82. The zero-order valence-electron chi connectivity index (χ0n) is 13.7. The molecule has 122 valence electrons. The minimum absolute atomic E-state index is 0.312. The molecule has 3 rings (SSSR count). The smallest absolute Gasteiger partial charge is 0.145 e. The Morgan fingerprint density at radius 2 is 1.29 bits per heavy atom. The lowest BCUT2D eigenvalue weighted by atomic mass is 10.0. The summed E-state index contributed by atoms with van der Waals surface area (Å²) in [4.78, 5) is 8.28. The van der Waals surface area contributed by atoms with Crippen LogP contribution in [-0.4, -0.2) is 9.97 Å².